The molecule has 2 rings (SSSR count). The van der Waals surface area contributed by atoms with Gasteiger partial charge in [0.1, 0.15) is 0 Å². The Morgan fingerprint density at radius 2 is 2.17 bits per heavy atom. The van der Waals surface area contributed by atoms with E-state index in [9.17, 15) is 10.1 Å². The molecule has 0 saturated heterocycles. The summed E-state index contributed by atoms with van der Waals surface area (Å²) in [5.41, 5.74) is 0.842. The van der Waals surface area contributed by atoms with E-state index in [-0.39, 0.29) is 16.7 Å². The molecule has 0 amide bonds. The van der Waals surface area contributed by atoms with Crippen LogP contribution in [0, 0.1) is 10.1 Å². The molecule has 1 aromatic heterocycles. The molecule has 0 radical (unpaired) electrons. The van der Waals surface area contributed by atoms with Crippen LogP contribution in [0.15, 0.2) is 18.2 Å². The molecule has 0 atom stereocenters. The first-order chi connectivity index (χ1) is 8.61. The van der Waals surface area contributed by atoms with Gasteiger partial charge in [-0.05, 0) is 12.5 Å². The Hall–Kier alpha value is -1.95. The lowest BCUT2D eigenvalue weighted by molar-refractivity contribution is -0.384. The summed E-state index contributed by atoms with van der Waals surface area (Å²) >= 11 is 5.91. The van der Waals surface area contributed by atoms with Crippen LogP contribution >= 0.6 is 11.6 Å². The van der Waals surface area contributed by atoms with Crippen LogP contribution in [0.2, 0.25) is 5.15 Å². The zero-order valence-corrected chi connectivity index (χ0v) is 10.3. The van der Waals surface area contributed by atoms with Gasteiger partial charge in [0.25, 0.3) is 11.6 Å². The minimum Gasteiger partial charge on any atom is -0.475 e. The van der Waals surface area contributed by atoms with Crippen molar-refractivity contribution in [3.05, 3.63) is 33.5 Å². The number of ether oxygens (including phenoxy) is 1. The van der Waals surface area contributed by atoms with Gasteiger partial charge in [-0.15, -0.1) is 0 Å². The van der Waals surface area contributed by atoms with Gasteiger partial charge in [-0.1, -0.05) is 18.5 Å². The van der Waals surface area contributed by atoms with E-state index in [1.807, 2.05) is 6.92 Å². The third-order valence-electron chi connectivity index (χ3n) is 2.23. The van der Waals surface area contributed by atoms with Gasteiger partial charge in [-0.3, -0.25) is 10.1 Å². The van der Waals surface area contributed by atoms with Gasteiger partial charge in [0, 0.05) is 12.1 Å². The third-order valence-corrected chi connectivity index (χ3v) is 2.48. The van der Waals surface area contributed by atoms with Crippen LogP contribution in [-0.4, -0.2) is 21.5 Å². The molecule has 1 heterocycles. The number of non-ortho nitro benzene ring substituents is 1. The van der Waals surface area contributed by atoms with Crippen molar-refractivity contribution in [2.45, 2.75) is 13.3 Å². The molecule has 94 valence electrons. The Kier molecular flexibility index (Phi) is 3.57. The van der Waals surface area contributed by atoms with Crippen LogP contribution in [0.4, 0.5) is 5.69 Å². The molecule has 0 aliphatic rings. The molecule has 6 nitrogen and oxygen atoms in total. The molecule has 0 saturated carbocycles. The number of hydrogen-bond acceptors (Lipinski definition) is 5. The number of fused-ring (bicyclic) bond motifs is 1. The smallest absolute Gasteiger partial charge is 0.271 e. The lowest BCUT2D eigenvalue weighted by atomic mass is 10.2. The molecular formula is C11H10ClN3O3. The Morgan fingerprint density at radius 1 is 1.39 bits per heavy atom. The second kappa shape index (κ2) is 5.14. The highest BCUT2D eigenvalue weighted by molar-refractivity contribution is 6.31. The molecule has 0 N–H and O–H groups in total. The predicted molar refractivity (Wildman–Crippen MR) is 67.0 cm³/mol. The van der Waals surface area contributed by atoms with E-state index in [4.69, 9.17) is 16.3 Å². The van der Waals surface area contributed by atoms with Crippen molar-refractivity contribution in [1.29, 1.82) is 0 Å². The number of nitro groups is 1. The third kappa shape index (κ3) is 2.48. The summed E-state index contributed by atoms with van der Waals surface area (Å²) in [6.07, 6.45) is 0.810. The highest BCUT2D eigenvalue weighted by atomic mass is 35.5. The summed E-state index contributed by atoms with van der Waals surface area (Å²) < 4.78 is 5.32. The Balaban J connectivity index is 2.49. The number of rotatable bonds is 4. The molecule has 18 heavy (non-hydrogen) atoms. The van der Waals surface area contributed by atoms with Crippen molar-refractivity contribution in [3.8, 4) is 5.88 Å². The standard InChI is InChI=1S/C11H10ClN3O3/c1-2-5-18-11-10(12)13-8-4-3-7(15(16)17)6-9(8)14-11/h3-4,6H,2,5H2,1H3. The van der Waals surface area contributed by atoms with Gasteiger partial charge in [-0.2, -0.15) is 0 Å². The summed E-state index contributed by atoms with van der Waals surface area (Å²) in [6.45, 7) is 2.42. The van der Waals surface area contributed by atoms with Crippen molar-refractivity contribution in [2.75, 3.05) is 6.61 Å². The minimum absolute atomic E-state index is 0.0411. The van der Waals surface area contributed by atoms with Gasteiger partial charge < -0.3 is 4.74 Å². The van der Waals surface area contributed by atoms with Crippen LogP contribution < -0.4 is 4.74 Å². The van der Waals surface area contributed by atoms with E-state index >= 15 is 0 Å². The van der Waals surface area contributed by atoms with Gasteiger partial charge >= 0.3 is 0 Å². The van der Waals surface area contributed by atoms with Crippen LogP contribution in [-0.2, 0) is 0 Å². The normalized spacial score (nSPS) is 10.6. The Morgan fingerprint density at radius 3 is 2.83 bits per heavy atom. The predicted octanol–water partition coefficient (Wildman–Crippen LogP) is 2.98. The number of halogens is 1. The topological polar surface area (TPSA) is 78.2 Å². The summed E-state index contributed by atoms with van der Waals surface area (Å²) in [6, 6.07) is 4.22. The van der Waals surface area contributed by atoms with Crippen LogP contribution in [0.5, 0.6) is 5.88 Å². The van der Waals surface area contributed by atoms with Crippen LogP contribution in [0.1, 0.15) is 13.3 Å². The molecule has 0 fully saturated rings. The highest BCUT2D eigenvalue weighted by Gasteiger charge is 2.12. The first-order valence-electron chi connectivity index (χ1n) is 5.36. The van der Waals surface area contributed by atoms with Crippen molar-refractivity contribution >= 4 is 28.3 Å². The van der Waals surface area contributed by atoms with Crippen molar-refractivity contribution < 1.29 is 9.66 Å². The minimum atomic E-state index is -0.484. The Labute approximate surface area is 108 Å². The lowest BCUT2D eigenvalue weighted by Gasteiger charge is -2.06. The van der Waals surface area contributed by atoms with Crippen LogP contribution in [0.3, 0.4) is 0 Å². The van der Waals surface area contributed by atoms with E-state index < -0.39 is 4.92 Å². The molecular weight excluding hydrogens is 258 g/mol. The summed E-state index contributed by atoms with van der Waals surface area (Å²) in [4.78, 5) is 18.4. The van der Waals surface area contributed by atoms with Gasteiger partial charge in [0.15, 0.2) is 5.15 Å². The quantitative estimate of drug-likeness (QED) is 0.628. The summed E-state index contributed by atoms with van der Waals surface area (Å²) in [5.74, 6) is 0.200. The number of nitrogens with zero attached hydrogens (tertiary/aromatic N) is 3. The van der Waals surface area contributed by atoms with E-state index in [1.165, 1.54) is 18.2 Å². The molecule has 0 spiro atoms. The average Bonchev–Trinajstić information content (AvgIpc) is 2.35. The lowest BCUT2D eigenvalue weighted by Crippen LogP contribution is -2.00. The fourth-order valence-electron chi connectivity index (χ4n) is 1.41. The van der Waals surface area contributed by atoms with Gasteiger partial charge in [0.2, 0.25) is 0 Å². The van der Waals surface area contributed by atoms with E-state index in [0.717, 1.165) is 6.42 Å². The molecule has 7 heteroatoms. The monoisotopic (exact) mass is 267 g/mol. The number of nitro benzene ring substituents is 1. The number of hydrogen-bond donors (Lipinski definition) is 0. The SMILES string of the molecule is CCCOc1nc2cc([N+](=O)[O-])ccc2nc1Cl. The Bertz CT molecular complexity index is 603. The zero-order valence-electron chi connectivity index (χ0n) is 9.59. The van der Waals surface area contributed by atoms with E-state index in [1.54, 1.807) is 0 Å². The number of benzene rings is 1. The fraction of sp³-hybridized carbons (Fsp3) is 0.273. The maximum absolute atomic E-state index is 10.7. The maximum atomic E-state index is 10.7. The van der Waals surface area contributed by atoms with Crippen molar-refractivity contribution in [3.63, 3.8) is 0 Å². The molecule has 1 aromatic carbocycles. The first kappa shape index (κ1) is 12.5. The molecule has 0 aliphatic heterocycles. The summed E-state index contributed by atoms with van der Waals surface area (Å²) in [7, 11) is 0. The first-order valence-corrected chi connectivity index (χ1v) is 5.74. The highest BCUT2D eigenvalue weighted by Crippen LogP contribution is 2.25. The van der Waals surface area contributed by atoms with Crippen molar-refractivity contribution in [2.24, 2.45) is 0 Å². The van der Waals surface area contributed by atoms with Gasteiger partial charge in [-0.25, -0.2) is 9.97 Å². The van der Waals surface area contributed by atoms with Crippen LogP contribution in [0.25, 0.3) is 11.0 Å². The van der Waals surface area contributed by atoms with Gasteiger partial charge in [0.05, 0.1) is 22.6 Å². The largest absolute Gasteiger partial charge is 0.475 e. The number of aromatic nitrogens is 2. The molecule has 0 unspecified atom stereocenters. The fourth-order valence-corrected chi connectivity index (χ4v) is 1.60. The van der Waals surface area contributed by atoms with E-state index in [0.29, 0.717) is 17.6 Å². The molecule has 2 aromatic rings. The maximum Gasteiger partial charge on any atom is 0.271 e. The van der Waals surface area contributed by atoms with E-state index in [2.05, 4.69) is 9.97 Å². The zero-order chi connectivity index (χ0) is 13.1. The van der Waals surface area contributed by atoms with Crippen molar-refractivity contribution in [1.82, 2.24) is 9.97 Å². The second-order valence-electron chi connectivity index (χ2n) is 3.60. The molecule has 0 aliphatic carbocycles. The molecule has 0 bridgehead atoms. The second-order valence-corrected chi connectivity index (χ2v) is 3.96. The summed E-state index contributed by atoms with van der Waals surface area (Å²) in [5, 5.41) is 10.8. The average molecular weight is 268 g/mol.